The third-order valence-electron chi connectivity index (χ3n) is 3.36. The van der Waals surface area contributed by atoms with Gasteiger partial charge in [0.2, 0.25) is 5.91 Å². The van der Waals surface area contributed by atoms with Gasteiger partial charge in [0, 0.05) is 36.9 Å². The molecule has 10 heteroatoms. The van der Waals surface area contributed by atoms with E-state index in [0.717, 1.165) is 10.0 Å². The van der Waals surface area contributed by atoms with Gasteiger partial charge in [-0.25, -0.2) is 0 Å². The minimum absolute atomic E-state index is 0.0361. The van der Waals surface area contributed by atoms with Gasteiger partial charge in [0.05, 0.1) is 5.70 Å². The summed E-state index contributed by atoms with van der Waals surface area (Å²) in [4.78, 5) is 32.7. The first-order chi connectivity index (χ1) is 13.0. The van der Waals surface area contributed by atoms with Crippen LogP contribution in [-0.2, 0) is 14.4 Å². The average Bonchev–Trinajstić information content (AvgIpc) is 2.68. The lowest BCUT2D eigenvalue weighted by Crippen LogP contribution is -2.35. The number of nitrogens with zero attached hydrogens (tertiary/aromatic N) is 1. The van der Waals surface area contributed by atoms with E-state index in [1.54, 1.807) is 13.1 Å². The van der Waals surface area contributed by atoms with E-state index in [-0.39, 0.29) is 24.7 Å². The van der Waals surface area contributed by atoms with Crippen molar-refractivity contribution in [3.05, 3.63) is 52.3 Å². The molecule has 9 nitrogen and oxygen atoms in total. The largest absolute Gasteiger partial charge is 0.411 e. The first kappa shape index (κ1) is 22.2. The summed E-state index contributed by atoms with van der Waals surface area (Å²) in [6.45, 7) is -0.0649. The van der Waals surface area contributed by atoms with Crippen LogP contribution in [0.2, 0.25) is 0 Å². The summed E-state index contributed by atoms with van der Waals surface area (Å²) >= 11 is 3.35. The van der Waals surface area contributed by atoms with E-state index >= 15 is 0 Å². The second-order valence-electron chi connectivity index (χ2n) is 5.07. The third-order valence-corrected chi connectivity index (χ3v) is 3.89. The van der Waals surface area contributed by atoms with Crippen LogP contribution in [0.5, 0.6) is 0 Å². The Kier molecular flexibility index (Phi) is 9.62. The molecule has 0 spiro atoms. The number of amides is 2. The zero-order valence-electron chi connectivity index (χ0n) is 15.1. The van der Waals surface area contributed by atoms with E-state index in [1.165, 1.54) is 13.2 Å². The lowest BCUT2D eigenvalue weighted by molar-refractivity contribution is -0.119. The Morgan fingerprint density at radius 2 is 1.89 bits per heavy atom. The van der Waals surface area contributed by atoms with E-state index in [2.05, 4.69) is 36.9 Å². The smallest absolute Gasteiger partial charge is 0.271 e. The third kappa shape index (κ3) is 7.12. The fraction of sp³-hybridized carbons (Fsp3) is 0.235. The highest BCUT2D eigenvalue weighted by Gasteiger charge is 2.14. The molecule has 1 rings (SSSR count). The first-order valence-electron chi connectivity index (χ1n) is 7.92. The normalized spacial score (nSPS) is 12.4. The van der Waals surface area contributed by atoms with Gasteiger partial charge in [0.15, 0.2) is 5.76 Å². The monoisotopic (exact) mass is 438 g/mol. The van der Waals surface area contributed by atoms with Crippen LogP contribution in [0.15, 0.2) is 51.7 Å². The molecule has 146 valence electrons. The molecule has 0 radical (unpaired) electrons. The average molecular weight is 439 g/mol. The van der Waals surface area contributed by atoms with Gasteiger partial charge < -0.3 is 26.5 Å². The molecule has 0 fully saturated rings. The van der Waals surface area contributed by atoms with Crippen LogP contribution in [0.3, 0.4) is 0 Å². The number of carbonyl (C=O) groups is 2. The minimum Gasteiger partial charge on any atom is -0.411 e. The zero-order valence-corrected chi connectivity index (χ0v) is 16.7. The van der Waals surface area contributed by atoms with E-state index < -0.39 is 5.91 Å². The van der Waals surface area contributed by atoms with E-state index in [9.17, 15) is 9.59 Å². The summed E-state index contributed by atoms with van der Waals surface area (Å²) in [6.07, 6.45) is 2.83. The van der Waals surface area contributed by atoms with Crippen molar-refractivity contribution in [2.75, 3.05) is 27.2 Å². The maximum atomic E-state index is 12.0. The topological polar surface area (TPSA) is 144 Å². The highest BCUT2D eigenvalue weighted by Crippen LogP contribution is 2.17. The predicted molar refractivity (Wildman–Crippen MR) is 108 cm³/mol. The molecule has 0 aliphatic heterocycles. The van der Waals surface area contributed by atoms with Crippen molar-refractivity contribution in [2.24, 2.45) is 16.6 Å². The molecule has 0 aliphatic rings. The molecule has 2 amide bonds. The van der Waals surface area contributed by atoms with Gasteiger partial charge in [-0.15, -0.1) is 0 Å². The summed E-state index contributed by atoms with van der Waals surface area (Å²) in [5.41, 5.74) is 6.57. The molecule has 0 aliphatic carbocycles. The molecule has 0 saturated carbocycles. The zero-order chi connectivity index (χ0) is 20.2. The fourth-order valence-corrected chi connectivity index (χ4v) is 2.26. The maximum Gasteiger partial charge on any atom is 0.271 e. The van der Waals surface area contributed by atoms with Crippen LogP contribution in [0.4, 0.5) is 0 Å². The summed E-state index contributed by atoms with van der Waals surface area (Å²) in [5, 5.41) is 7.84. The molecule has 0 bridgehead atoms. The molecule has 1 aromatic rings. The van der Waals surface area contributed by atoms with Crippen molar-refractivity contribution < 1.29 is 14.4 Å². The van der Waals surface area contributed by atoms with Crippen molar-refractivity contribution >= 4 is 39.2 Å². The van der Waals surface area contributed by atoms with Crippen molar-refractivity contribution in [1.82, 2.24) is 16.0 Å². The highest BCUT2D eigenvalue weighted by atomic mass is 79.9. The SMILES string of the molecule is CNC(=O)C(=NCC(=O)NC/C=C(\ON)c1ccc(Br)cc1)C(=CN)NC. The Bertz CT molecular complexity index is 744. The van der Waals surface area contributed by atoms with E-state index in [4.69, 9.17) is 16.5 Å². The van der Waals surface area contributed by atoms with Gasteiger partial charge >= 0.3 is 0 Å². The van der Waals surface area contributed by atoms with E-state index in [0.29, 0.717) is 11.5 Å². The maximum absolute atomic E-state index is 12.0. The van der Waals surface area contributed by atoms with Gasteiger partial charge in [-0.3, -0.25) is 14.6 Å². The Morgan fingerprint density at radius 1 is 1.22 bits per heavy atom. The van der Waals surface area contributed by atoms with Crippen molar-refractivity contribution in [3.8, 4) is 0 Å². The number of rotatable bonds is 9. The number of benzene rings is 1. The van der Waals surface area contributed by atoms with Gasteiger partial charge in [0.25, 0.3) is 5.91 Å². The van der Waals surface area contributed by atoms with Crippen LogP contribution in [0, 0.1) is 0 Å². The number of nitrogens with one attached hydrogen (secondary N) is 3. The second kappa shape index (κ2) is 11.7. The molecule has 1 aromatic carbocycles. The number of hydrogen-bond acceptors (Lipinski definition) is 7. The van der Waals surface area contributed by atoms with Crippen molar-refractivity contribution in [1.29, 1.82) is 0 Å². The van der Waals surface area contributed by atoms with Crippen LogP contribution in [0.1, 0.15) is 5.56 Å². The van der Waals surface area contributed by atoms with E-state index in [1.807, 2.05) is 24.3 Å². The summed E-state index contributed by atoms with van der Waals surface area (Å²) in [7, 11) is 3.06. The second-order valence-corrected chi connectivity index (χ2v) is 5.99. The van der Waals surface area contributed by atoms with Crippen LogP contribution >= 0.6 is 15.9 Å². The Hall–Kier alpha value is -2.85. The highest BCUT2D eigenvalue weighted by molar-refractivity contribution is 9.10. The summed E-state index contributed by atoms with van der Waals surface area (Å²) < 4.78 is 0.924. The number of halogens is 1. The quantitative estimate of drug-likeness (QED) is 0.208. The molecular weight excluding hydrogens is 416 g/mol. The Balaban J connectivity index is 2.72. The standard InChI is InChI=1S/C17H23BrN6O3/c1-21-13(9-19)16(17(26)22-2)24-10-15(25)23-8-7-14(27-20)11-3-5-12(18)6-4-11/h3-7,9,21H,8,10,19-20H2,1-2H3,(H,22,26)(H,23,25)/b13-9?,14-7-,24-16?. The minimum atomic E-state index is -0.456. The van der Waals surface area contributed by atoms with Gasteiger partial charge in [-0.2, -0.15) is 5.90 Å². The molecule has 0 unspecified atom stereocenters. The molecule has 27 heavy (non-hydrogen) atoms. The number of nitrogens with two attached hydrogens (primary N) is 2. The molecular formula is C17H23BrN6O3. The van der Waals surface area contributed by atoms with Crippen molar-refractivity contribution in [2.45, 2.75) is 0 Å². The van der Waals surface area contributed by atoms with Crippen LogP contribution in [-0.4, -0.2) is 44.7 Å². The van der Waals surface area contributed by atoms with Crippen LogP contribution < -0.4 is 27.6 Å². The van der Waals surface area contributed by atoms with Crippen LogP contribution in [0.25, 0.3) is 5.76 Å². The summed E-state index contributed by atoms with van der Waals surface area (Å²) in [6, 6.07) is 7.34. The Labute approximate surface area is 166 Å². The number of hydrogen-bond donors (Lipinski definition) is 5. The fourth-order valence-electron chi connectivity index (χ4n) is 1.99. The molecule has 0 heterocycles. The molecule has 0 saturated heterocycles. The number of aliphatic imine (C=N–C) groups is 1. The Morgan fingerprint density at radius 3 is 2.41 bits per heavy atom. The van der Waals surface area contributed by atoms with Gasteiger partial charge in [-0.05, 0) is 18.2 Å². The molecule has 7 N–H and O–H groups in total. The predicted octanol–water partition coefficient (Wildman–Crippen LogP) is 0.00300. The summed E-state index contributed by atoms with van der Waals surface area (Å²) in [5.74, 6) is 4.87. The first-order valence-corrected chi connectivity index (χ1v) is 8.72. The van der Waals surface area contributed by atoms with Gasteiger partial charge in [-0.1, -0.05) is 28.1 Å². The molecule has 0 aromatic heterocycles. The van der Waals surface area contributed by atoms with Crippen molar-refractivity contribution in [3.63, 3.8) is 0 Å². The number of carbonyl (C=O) groups excluding carboxylic acids is 2. The lowest BCUT2D eigenvalue weighted by Gasteiger charge is -2.09. The van der Waals surface area contributed by atoms with Gasteiger partial charge in [0.1, 0.15) is 12.3 Å². The molecule has 0 atom stereocenters. The lowest BCUT2D eigenvalue weighted by atomic mass is 10.2.